The molecule has 1 aliphatic heterocycles. The molecule has 0 bridgehead atoms. The summed E-state index contributed by atoms with van der Waals surface area (Å²) in [5, 5.41) is 8.61. The number of hydrogen-bond acceptors (Lipinski definition) is 3. The lowest BCUT2D eigenvalue weighted by Crippen LogP contribution is -2.47. The van der Waals surface area contributed by atoms with Gasteiger partial charge in [0.05, 0.1) is 12.1 Å². The first-order chi connectivity index (χ1) is 9.06. The van der Waals surface area contributed by atoms with Gasteiger partial charge < -0.3 is 10.0 Å². The average Bonchev–Trinajstić information content (AvgIpc) is 2.40. The summed E-state index contributed by atoms with van der Waals surface area (Å²) in [7, 11) is 0. The second kappa shape index (κ2) is 5.97. The van der Waals surface area contributed by atoms with Crippen molar-refractivity contribution >= 4 is 11.7 Å². The zero-order valence-electron chi connectivity index (χ0n) is 10.5. The highest BCUT2D eigenvalue weighted by atomic mass is 19.1. The van der Waals surface area contributed by atoms with Crippen molar-refractivity contribution in [2.75, 3.05) is 37.6 Å². The van der Waals surface area contributed by atoms with E-state index in [0.717, 1.165) is 12.1 Å². The van der Waals surface area contributed by atoms with Gasteiger partial charge in [0.1, 0.15) is 11.6 Å². The molecule has 0 aromatic heterocycles. The average molecular weight is 270 g/mol. The molecule has 1 heterocycles. The van der Waals surface area contributed by atoms with E-state index in [1.165, 1.54) is 6.07 Å². The molecule has 2 rings (SSSR count). The molecule has 0 atom stereocenters. The fourth-order valence-corrected chi connectivity index (χ4v) is 2.19. The van der Waals surface area contributed by atoms with E-state index in [1.807, 2.05) is 4.90 Å². The van der Waals surface area contributed by atoms with E-state index in [-0.39, 0.29) is 12.1 Å². The monoisotopic (exact) mass is 270 g/mol. The first-order valence-corrected chi connectivity index (χ1v) is 6.20. The van der Waals surface area contributed by atoms with E-state index < -0.39 is 17.6 Å². The molecule has 0 aliphatic carbocycles. The van der Waals surface area contributed by atoms with Gasteiger partial charge >= 0.3 is 5.97 Å². The number of carboxylic acid groups (broad SMARTS) is 1. The molecule has 0 unspecified atom stereocenters. The van der Waals surface area contributed by atoms with Crippen LogP contribution in [0.25, 0.3) is 0 Å². The van der Waals surface area contributed by atoms with Gasteiger partial charge in [0.25, 0.3) is 0 Å². The van der Waals surface area contributed by atoms with Gasteiger partial charge in [-0.15, -0.1) is 0 Å². The van der Waals surface area contributed by atoms with E-state index in [9.17, 15) is 13.6 Å². The highest BCUT2D eigenvalue weighted by Crippen LogP contribution is 2.21. The Morgan fingerprint density at radius 2 is 1.89 bits per heavy atom. The number of carboxylic acids is 1. The second-order valence-corrected chi connectivity index (χ2v) is 4.57. The van der Waals surface area contributed by atoms with Gasteiger partial charge in [-0.1, -0.05) is 0 Å². The number of halogens is 2. The van der Waals surface area contributed by atoms with Crippen molar-refractivity contribution in [1.29, 1.82) is 0 Å². The third kappa shape index (κ3) is 3.64. The highest BCUT2D eigenvalue weighted by Gasteiger charge is 2.20. The fourth-order valence-electron chi connectivity index (χ4n) is 2.19. The second-order valence-electron chi connectivity index (χ2n) is 4.57. The van der Waals surface area contributed by atoms with Crippen LogP contribution in [0.4, 0.5) is 14.5 Å². The van der Waals surface area contributed by atoms with Gasteiger partial charge in [-0.2, -0.15) is 0 Å². The molecule has 1 aliphatic rings. The maximum absolute atomic E-state index is 13.6. The van der Waals surface area contributed by atoms with Gasteiger partial charge in [-0.25, -0.2) is 8.78 Å². The number of benzene rings is 1. The summed E-state index contributed by atoms with van der Waals surface area (Å²) in [6, 6.07) is 3.42. The largest absolute Gasteiger partial charge is 0.481 e. The number of piperazine rings is 1. The molecule has 0 saturated carbocycles. The Labute approximate surface area is 110 Å². The van der Waals surface area contributed by atoms with E-state index in [4.69, 9.17) is 5.11 Å². The van der Waals surface area contributed by atoms with Crippen LogP contribution in [-0.4, -0.2) is 48.7 Å². The predicted molar refractivity (Wildman–Crippen MR) is 67.3 cm³/mol. The van der Waals surface area contributed by atoms with Crippen LogP contribution in [0.3, 0.4) is 0 Å². The third-order valence-corrected chi connectivity index (χ3v) is 3.26. The van der Waals surface area contributed by atoms with Crippen molar-refractivity contribution in [2.24, 2.45) is 0 Å². The Balaban J connectivity index is 1.92. The summed E-state index contributed by atoms with van der Waals surface area (Å²) in [4.78, 5) is 14.3. The van der Waals surface area contributed by atoms with Gasteiger partial charge in [0.15, 0.2) is 0 Å². The molecule has 104 valence electrons. The van der Waals surface area contributed by atoms with Crippen LogP contribution in [0.1, 0.15) is 6.42 Å². The van der Waals surface area contributed by atoms with E-state index >= 15 is 0 Å². The summed E-state index contributed by atoms with van der Waals surface area (Å²) in [6.45, 7) is 2.95. The minimum Gasteiger partial charge on any atom is -0.481 e. The molecular weight excluding hydrogens is 254 g/mol. The van der Waals surface area contributed by atoms with Crippen molar-refractivity contribution < 1.29 is 18.7 Å². The van der Waals surface area contributed by atoms with Crippen molar-refractivity contribution in [3.05, 3.63) is 29.8 Å². The number of aliphatic carboxylic acids is 1. The molecule has 0 amide bonds. The molecule has 1 fully saturated rings. The van der Waals surface area contributed by atoms with E-state index in [0.29, 0.717) is 32.7 Å². The molecular formula is C13H16F2N2O2. The minimum atomic E-state index is -0.821. The molecule has 4 nitrogen and oxygen atoms in total. The van der Waals surface area contributed by atoms with Crippen LogP contribution < -0.4 is 4.90 Å². The van der Waals surface area contributed by atoms with E-state index in [1.54, 1.807) is 4.90 Å². The predicted octanol–water partition coefficient (Wildman–Crippen LogP) is 1.56. The van der Waals surface area contributed by atoms with Crippen LogP contribution >= 0.6 is 0 Å². The van der Waals surface area contributed by atoms with Gasteiger partial charge in [0.2, 0.25) is 0 Å². The van der Waals surface area contributed by atoms with E-state index in [2.05, 4.69) is 0 Å². The first kappa shape index (κ1) is 13.7. The summed E-state index contributed by atoms with van der Waals surface area (Å²) in [5.74, 6) is -1.70. The maximum Gasteiger partial charge on any atom is 0.304 e. The molecule has 0 spiro atoms. The van der Waals surface area contributed by atoms with Crippen molar-refractivity contribution in [3.63, 3.8) is 0 Å². The van der Waals surface area contributed by atoms with Gasteiger partial charge in [0, 0.05) is 38.8 Å². The Morgan fingerprint density at radius 3 is 2.53 bits per heavy atom. The smallest absolute Gasteiger partial charge is 0.304 e. The van der Waals surface area contributed by atoms with Crippen LogP contribution in [-0.2, 0) is 4.79 Å². The first-order valence-electron chi connectivity index (χ1n) is 6.20. The standard InChI is InChI=1S/C13H16F2N2O2/c14-10-1-2-11(15)12(9-10)17-7-5-16(6-8-17)4-3-13(18)19/h1-2,9H,3-8H2,(H,18,19). The minimum absolute atomic E-state index is 0.105. The normalized spacial score (nSPS) is 16.6. The van der Waals surface area contributed by atoms with Gasteiger partial charge in [-0.05, 0) is 12.1 Å². The van der Waals surface area contributed by atoms with Gasteiger partial charge in [-0.3, -0.25) is 9.69 Å². The number of carbonyl (C=O) groups is 1. The Hall–Kier alpha value is -1.69. The molecule has 0 radical (unpaired) electrons. The van der Waals surface area contributed by atoms with Crippen LogP contribution in [0.15, 0.2) is 18.2 Å². The van der Waals surface area contributed by atoms with Crippen LogP contribution in [0.5, 0.6) is 0 Å². The van der Waals surface area contributed by atoms with Crippen LogP contribution in [0, 0.1) is 11.6 Å². The lowest BCUT2D eigenvalue weighted by atomic mass is 10.2. The highest BCUT2D eigenvalue weighted by molar-refractivity contribution is 5.66. The topological polar surface area (TPSA) is 43.8 Å². The Bertz CT molecular complexity index is 460. The Morgan fingerprint density at radius 1 is 1.21 bits per heavy atom. The van der Waals surface area contributed by atoms with Crippen molar-refractivity contribution in [1.82, 2.24) is 4.90 Å². The summed E-state index contributed by atoms with van der Waals surface area (Å²) in [5.41, 5.74) is 0.276. The SMILES string of the molecule is O=C(O)CCN1CCN(c2cc(F)ccc2F)CC1. The zero-order valence-corrected chi connectivity index (χ0v) is 10.5. The maximum atomic E-state index is 13.6. The number of hydrogen-bond donors (Lipinski definition) is 1. The molecule has 1 aromatic carbocycles. The summed E-state index contributed by atoms with van der Waals surface area (Å²) >= 11 is 0. The molecule has 1 aromatic rings. The Kier molecular flexibility index (Phi) is 4.31. The van der Waals surface area contributed by atoms with Crippen molar-refractivity contribution in [3.8, 4) is 0 Å². The number of nitrogens with zero attached hydrogens (tertiary/aromatic N) is 2. The molecule has 6 heteroatoms. The molecule has 1 saturated heterocycles. The fraction of sp³-hybridized carbons (Fsp3) is 0.462. The lowest BCUT2D eigenvalue weighted by molar-refractivity contribution is -0.137. The zero-order chi connectivity index (χ0) is 13.8. The summed E-state index contributed by atoms with van der Waals surface area (Å²) in [6.07, 6.45) is 0.105. The lowest BCUT2D eigenvalue weighted by Gasteiger charge is -2.36. The summed E-state index contributed by atoms with van der Waals surface area (Å²) < 4.78 is 26.7. The van der Waals surface area contributed by atoms with Crippen molar-refractivity contribution in [2.45, 2.75) is 6.42 Å². The quantitative estimate of drug-likeness (QED) is 0.901. The molecule has 19 heavy (non-hydrogen) atoms. The van der Waals surface area contributed by atoms with Crippen LogP contribution in [0.2, 0.25) is 0 Å². The molecule has 1 N–H and O–H groups in total. The number of anilines is 1. The number of rotatable bonds is 4. The third-order valence-electron chi connectivity index (χ3n) is 3.26.